The number of aryl methyl sites for hydroxylation is 1. The molecular formula is C14H23N3S. The van der Waals surface area contributed by atoms with E-state index in [0.717, 1.165) is 35.1 Å². The summed E-state index contributed by atoms with van der Waals surface area (Å²) in [5.41, 5.74) is 1.04. The first kappa shape index (κ1) is 13.8. The summed E-state index contributed by atoms with van der Waals surface area (Å²) >= 11 is 1.74. The Balaban J connectivity index is 1.66. The third-order valence-corrected chi connectivity index (χ3v) is 4.49. The molecule has 100 valence electrons. The Morgan fingerprint density at radius 2 is 2.22 bits per heavy atom. The molecule has 0 aromatic carbocycles. The van der Waals surface area contributed by atoms with Crippen molar-refractivity contribution in [3.05, 3.63) is 18.0 Å². The minimum Gasteiger partial charge on any atom is -0.313 e. The minimum atomic E-state index is 0.720. The number of thioether (sulfide) groups is 1. The molecule has 18 heavy (non-hydrogen) atoms. The van der Waals surface area contributed by atoms with Gasteiger partial charge in [0.2, 0.25) is 0 Å². The van der Waals surface area contributed by atoms with Crippen LogP contribution in [0, 0.1) is 12.8 Å². The maximum absolute atomic E-state index is 4.40. The molecule has 3 nitrogen and oxygen atoms in total. The summed E-state index contributed by atoms with van der Waals surface area (Å²) in [5, 5.41) is 4.58. The SMILES string of the molecule is Cc1ccnc(SCCNC2CCCCC2C)n1. The molecule has 1 heterocycles. The van der Waals surface area contributed by atoms with Crippen LogP contribution in [0.2, 0.25) is 0 Å². The predicted octanol–water partition coefficient (Wildman–Crippen LogP) is 3.05. The molecule has 2 atom stereocenters. The van der Waals surface area contributed by atoms with Gasteiger partial charge in [0, 0.05) is 30.2 Å². The van der Waals surface area contributed by atoms with Crippen molar-refractivity contribution >= 4 is 11.8 Å². The monoisotopic (exact) mass is 265 g/mol. The molecule has 1 N–H and O–H groups in total. The zero-order valence-electron chi connectivity index (χ0n) is 11.4. The number of hydrogen-bond acceptors (Lipinski definition) is 4. The molecule has 0 bridgehead atoms. The van der Waals surface area contributed by atoms with Crippen molar-refractivity contribution in [2.45, 2.75) is 50.7 Å². The van der Waals surface area contributed by atoms with E-state index in [1.54, 1.807) is 11.8 Å². The summed E-state index contributed by atoms with van der Waals surface area (Å²) in [6.07, 6.45) is 7.35. The molecule has 0 amide bonds. The molecule has 2 unspecified atom stereocenters. The fourth-order valence-electron chi connectivity index (χ4n) is 2.50. The van der Waals surface area contributed by atoms with E-state index in [1.165, 1.54) is 25.7 Å². The molecule has 2 rings (SSSR count). The first-order chi connectivity index (χ1) is 8.75. The number of nitrogens with zero attached hydrogens (tertiary/aromatic N) is 2. The van der Waals surface area contributed by atoms with Crippen molar-refractivity contribution in [3.8, 4) is 0 Å². The van der Waals surface area contributed by atoms with Gasteiger partial charge in [-0.2, -0.15) is 0 Å². The highest BCUT2D eigenvalue weighted by molar-refractivity contribution is 7.99. The van der Waals surface area contributed by atoms with Gasteiger partial charge in [-0.05, 0) is 31.7 Å². The van der Waals surface area contributed by atoms with Crippen LogP contribution in [0.4, 0.5) is 0 Å². The zero-order chi connectivity index (χ0) is 12.8. The van der Waals surface area contributed by atoms with E-state index in [2.05, 4.69) is 22.2 Å². The predicted molar refractivity (Wildman–Crippen MR) is 76.9 cm³/mol. The lowest BCUT2D eigenvalue weighted by atomic mass is 9.86. The molecule has 0 aliphatic heterocycles. The molecule has 1 aliphatic rings. The quantitative estimate of drug-likeness (QED) is 0.504. The van der Waals surface area contributed by atoms with Crippen LogP contribution in [0.3, 0.4) is 0 Å². The topological polar surface area (TPSA) is 37.8 Å². The van der Waals surface area contributed by atoms with E-state index in [9.17, 15) is 0 Å². The fraction of sp³-hybridized carbons (Fsp3) is 0.714. The van der Waals surface area contributed by atoms with E-state index in [0.29, 0.717) is 0 Å². The van der Waals surface area contributed by atoms with Crippen molar-refractivity contribution in [1.82, 2.24) is 15.3 Å². The fourth-order valence-corrected chi connectivity index (χ4v) is 3.25. The van der Waals surface area contributed by atoms with Gasteiger partial charge >= 0.3 is 0 Å². The highest BCUT2D eigenvalue weighted by atomic mass is 32.2. The Labute approximate surface area is 114 Å². The Morgan fingerprint density at radius 1 is 1.39 bits per heavy atom. The average molecular weight is 265 g/mol. The van der Waals surface area contributed by atoms with E-state index in [-0.39, 0.29) is 0 Å². The van der Waals surface area contributed by atoms with Crippen LogP contribution in [0.1, 0.15) is 38.3 Å². The lowest BCUT2D eigenvalue weighted by Crippen LogP contribution is -2.38. The summed E-state index contributed by atoms with van der Waals surface area (Å²) in [4.78, 5) is 8.66. The summed E-state index contributed by atoms with van der Waals surface area (Å²) in [5.74, 6) is 1.88. The summed E-state index contributed by atoms with van der Waals surface area (Å²) in [7, 11) is 0. The van der Waals surface area contributed by atoms with Crippen LogP contribution in [-0.2, 0) is 0 Å². The van der Waals surface area contributed by atoms with Gasteiger partial charge in [-0.3, -0.25) is 0 Å². The number of hydrogen-bond donors (Lipinski definition) is 1. The summed E-state index contributed by atoms with van der Waals surface area (Å²) < 4.78 is 0. The van der Waals surface area contributed by atoms with Crippen LogP contribution in [0.25, 0.3) is 0 Å². The highest BCUT2D eigenvalue weighted by Crippen LogP contribution is 2.23. The van der Waals surface area contributed by atoms with Crippen molar-refractivity contribution < 1.29 is 0 Å². The van der Waals surface area contributed by atoms with E-state index in [1.807, 2.05) is 19.2 Å². The molecule has 1 aromatic rings. The molecule has 1 saturated carbocycles. The third-order valence-electron chi connectivity index (χ3n) is 3.62. The van der Waals surface area contributed by atoms with Crippen molar-refractivity contribution in [2.24, 2.45) is 5.92 Å². The van der Waals surface area contributed by atoms with Gasteiger partial charge in [-0.25, -0.2) is 9.97 Å². The maximum Gasteiger partial charge on any atom is 0.187 e. The average Bonchev–Trinajstić information content (AvgIpc) is 2.37. The van der Waals surface area contributed by atoms with Gasteiger partial charge < -0.3 is 5.32 Å². The first-order valence-electron chi connectivity index (χ1n) is 6.91. The standard InChI is InChI=1S/C14H23N3S/c1-11-5-3-4-6-13(11)15-9-10-18-14-16-8-7-12(2)17-14/h7-8,11,13,15H,3-6,9-10H2,1-2H3. The molecule has 0 saturated heterocycles. The largest absolute Gasteiger partial charge is 0.313 e. The lowest BCUT2D eigenvalue weighted by Gasteiger charge is -2.29. The second-order valence-corrected chi connectivity index (χ2v) is 6.21. The highest BCUT2D eigenvalue weighted by Gasteiger charge is 2.20. The molecule has 4 heteroatoms. The van der Waals surface area contributed by atoms with Crippen LogP contribution in [0.15, 0.2) is 17.4 Å². The van der Waals surface area contributed by atoms with Gasteiger partial charge in [0.1, 0.15) is 0 Å². The lowest BCUT2D eigenvalue weighted by molar-refractivity contribution is 0.285. The van der Waals surface area contributed by atoms with Gasteiger partial charge in [0.25, 0.3) is 0 Å². The van der Waals surface area contributed by atoms with Crippen molar-refractivity contribution in [3.63, 3.8) is 0 Å². The molecular weight excluding hydrogens is 242 g/mol. The van der Waals surface area contributed by atoms with E-state index in [4.69, 9.17) is 0 Å². The molecule has 1 aliphatic carbocycles. The van der Waals surface area contributed by atoms with Crippen molar-refractivity contribution in [1.29, 1.82) is 0 Å². The third kappa shape index (κ3) is 4.25. The normalized spacial score (nSPS) is 24.1. The van der Waals surface area contributed by atoms with Crippen LogP contribution < -0.4 is 5.32 Å². The van der Waals surface area contributed by atoms with Crippen LogP contribution >= 0.6 is 11.8 Å². The van der Waals surface area contributed by atoms with E-state index >= 15 is 0 Å². The summed E-state index contributed by atoms with van der Waals surface area (Å²) in [6.45, 7) is 5.43. The van der Waals surface area contributed by atoms with E-state index < -0.39 is 0 Å². The van der Waals surface area contributed by atoms with Crippen LogP contribution in [-0.4, -0.2) is 28.3 Å². The second-order valence-electron chi connectivity index (χ2n) is 5.15. The van der Waals surface area contributed by atoms with Gasteiger partial charge in [-0.15, -0.1) is 0 Å². The Bertz CT molecular complexity index is 370. The summed E-state index contributed by atoms with van der Waals surface area (Å²) in [6, 6.07) is 2.66. The Morgan fingerprint density at radius 3 is 3.00 bits per heavy atom. The van der Waals surface area contributed by atoms with Crippen molar-refractivity contribution in [2.75, 3.05) is 12.3 Å². The molecule has 1 aromatic heterocycles. The number of rotatable bonds is 5. The van der Waals surface area contributed by atoms with Gasteiger partial charge in [0.05, 0.1) is 0 Å². The Hall–Kier alpha value is -0.610. The number of aromatic nitrogens is 2. The smallest absolute Gasteiger partial charge is 0.187 e. The molecule has 0 spiro atoms. The van der Waals surface area contributed by atoms with Gasteiger partial charge in [0.15, 0.2) is 5.16 Å². The molecule has 1 fully saturated rings. The number of nitrogens with one attached hydrogen (secondary N) is 1. The zero-order valence-corrected chi connectivity index (χ0v) is 12.2. The van der Waals surface area contributed by atoms with Gasteiger partial charge in [-0.1, -0.05) is 31.5 Å². The van der Waals surface area contributed by atoms with Crippen LogP contribution in [0.5, 0.6) is 0 Å². The second kappa shape index (κ2) is 7.10. The minimum absolute atomic E-state index is 0.720. The molecule has 0 radical (unpaired) electrons. The Kier molecular flexibility index (Phi) is 5.45. The maximum atomic E-state index is 4.40. The first-order valence-corrected chi connectivity index (χ1v) is 7.90.